The van der Waals surface area contributed by atoms with Crippen molar-refractivity contribution in [3.8, 4) is 0 Å². The lowest BCUT2D eigenvalue weighted by atomic mass is 10.0. The maximum Gasteiger partial charge on any atom is 0.472 e. The van der Waals surface area contributed by atoms with Gasteiger partial charge in [-0.3, -0.25) is 32.5 Å². The van der Waals surface area contributed by atoms with Crippen LogP contribution < -0.4 is 0 Å². The molecule has 4 N–H and O–H groups in total. The monoisotopic (exact) mass is 1300 g/mol. The molecule has 0 fully saturated rings. The Bertz CT molecular complexity index is 1970. The normalized spacial score (nSPS) is 14.7. The second-order valence-corrected chi connectivity index (χ2v) is 26.2. The lowest BCUT2D eigenvalue weighted by Gasteiger charge is -2.21. The number of rotatable bonds is 66. The fraction of sp³-hybridized carbons (Fsp3) is 0.761. The second kappa shape index (κ2) is 64.8. The predicted octanol–water partition coefficient (Wildman–Crippen LogP) is 19.3. The van der Waals surface area contributed by atoms with Gasteiger partial charge in [-0.05, 0) is 96.3 Å². The average Bonchev–Trinajstić information content (AvgIpc) is 3.54. The third-order valence-electron chi connectivity index (χ3n) is 14.6. The zero-order valence-electron chi connectivity index (χ0n) is 55.8. The van der Waals surface area contributed by atoms with Crippen LogP contribution in [-0.2, 0) is 55.8 Å². The van der Waals surface area contributed by atoms with Crippen molar-refractivity contribution in [1.29, 1.82) is 0 Å². The van der Waals surface area contributed by atoms with Gasteiger partial charge in [0.05, 0.1) is 26.4 Å². The molecular formula is C71H126O16P2. The number of hydrogen-bond donors (Lipinski definition) is 4. The highest BCUT2D eigenvalue weighted by molar-refractivity contribution is 7.47. The fourth-order valence-electron chi connectivity index (χ4n) is 9.27. The van der Waals surface area contributed by atoms with E-state index in [1.807, 2.05) is 0 Å². The number of phosphoric ester groups is 2. The van der Waals surface area contributed by atoms with Crippen molar-refractivity contribution >= 4 is 33.6 Å². The van der Waals surface area contributed by atoms with Gasteiger partial charge in [0.25, 0.3) is 0 Å². The number of ether oxygens (including phenoxy) is 3. The first-order chi connectivity index (χ1) is 43.2. The maximum atomic E-state index is 12.9. The van der Waals surface area contributed by atoms with E-state index >= 15 is 0 Å². The second-order valence-electron chi connectivity index (χ2n) is 23.3. The summed E-state index contributed by atoms with van der Waals surface area (Å²) in [6.45, 7) is 2.53. The van der Waals surface area contributed by atoms with E-state index < -0.39 is 91.5 Å². The van der Waals surface area contributed by atoms with E-state index in [4.69, 9.17) is 32.3 Å². The van der Waals surface area contributed by atoms with Crippen LogP contribution in [0.4, 0.5) is 0 Å². The first kappa shape index (κ1) is 85.7. The van der Waals surface area contributed by atoms with Gasteiger partial charge in [0.15, 0.2) is 6.10 Å². The smallest absolute Gasteiger partial charge is 0.463 e. The van der Waals surface area contributed by atoms with Crippen molar-refractivity contribution in [1.82, 2.24) is 0 Å². The molecule has 0 saturated carbocycles. The Morgan fingerprint density at radius 1 is 0.326 bits per heavy atom. The summed E-state index contributed by atoms with van der Waals surface area (Å²) in [6.07, 6.45) is 69.1. The Balaban J connectivity index is 4.68. The Morgan fingerprint density at radius 2 is 0.596 bits per heavy atom. The first-order valence-electron chi connectivity index (χ1n) is 34.9. The van der Waals surface area contributed by atoms with Crippen molar-refractivity contribution in [3.05, 3.63) is 85.1 Å². The van der Waals surface area contributed by atoms with Crippen molar-refractivity contribution in [2.75, 3.05) is 39.6 Å². The zero-order valence-corrected chi connectivity index (χ0v) is 57.6. The average molecular weight is 1300 g/mol. The maximum absolute atomic E-state index is 12.9. The standard InChI is InChI=1S/C71H126O16P2/c1-4-7-10-13-16-19-22-25-28-30-32-34-37-39-42-45-48-51-54-57-69(74)81-60-66(72)61-83-88(77,78)84-62-67(73)63-85-89(79,80)86-65-68(87-71(76)59-56-53-50-47-44-41-36-27-24-21-18-15-12-9-6-3)64-82-70(75)58-55-52-49-46-43-40-38-35-33-31-29-26-23-20-17-14-11-8-5-2/h7,10,16-17,19-20,25-26,28-29,32-35,66-68,72-73H,4-6,8-9,11-15,18,21-24,27,30-31,36-65H2,1-3H3,(H,77,78)(H,79,80)/b10-7-,19-16-,20-17-,28-25-,29-26-,34-32-,35-33-. The minimum Gasteiger partial charge on any atom is -0.463 e. The summed E-state index contributed by atoms with van der Waals surface area (Å²) >= 11 is 0. The van der Waals surface area contributed by atoms with Gasteiger partial charge in [-0.2, -0.15) is 0 Å². The summed E-state index contributed by atoms with van der Waals surface area (Å²) in [6, 6.07) is 0. The number of esters is 3. The van der Waals surface area contributed by atoms with Crippen molar-refractivity contribution < 1.29 is 75.8 Å². The Labute approximate surface area is 540 Å². The quantitative estimate of drug-likeness (QED) is 0.0146. The number of aliphatic hydroxyl groups is 2. The Hall–Kier alpha value is -3.27. The molecule has 0 aromatic heterocycles. The molecule has 0 aliphatic heterocycles. The lowest BCUT2D eigenvalue weighted by molar-refractivity contribution is -0.161. The van der Waals surface area contributed by atoms with Crippen LogP contribution in [0.2, 0.25) is 0 Å². The molecule has 0 aromatic carbocycles. The summed E-state index contributed by atoms with van der Waals surface area (Å²) < 4.78 is 60.9. The van der Waals surface area contributed by atoms with Crippen LogP contribution in [0.25, 0.3) is 0 Å². The van der Waals surface area contributed by atoms with Crippen molar-refractivity contribution in [3.63, 3.8) is 0 Å². The molecule has 516 valence electrons. The van der Waals surface area contributed by atoms with E-state index in [9.17, 15) is 43.5 Å². The molecule has 0 radical (unpaired) electrons. The molecule has 0 bridgehead atoms. The largest absolute Gasteiger partial charge is 0.472 e. The number of unbranched alkanes of at least 4 members (excludes halogenated alkanes) is 29. The number of allylic oxidation sites excluding steroid dienone is 14. The fourth-order valence-corrected chi connectivity index (χ4v) is 10.9. The number of hydrogen-bond acceptors (Lipinski definition) is 14. The first-order valence-corrected chi connectivity index (χ1v) is 37.9. The number of phosphoric acid groups is 2. The van der Waals surface area contributed by atoms with E-state index in [1.54, 1.807) is 0 Å². The van der Waals surface area contributed by atoms with Crippen LogP contribution in [0, 0.1) is 0 Å². The molecule has 0 rings (SSSR count). The number of carbonyl (C=O) groups is 3. The highest BCUT2D eigenvalue weighted by atomic mass is 31.2. The minimum atomic E-state index is -4.93. The molecular weight excluding hydrogens is 1170 g/mol. The summed E-state index contributed by atoms with van der Waals surface area (Å²) in [5, 5.41) is 20.5. The SMILES string of the molecule is CC/C=C\C/C=C\C/C=C\C/C=C\CCCCCCCCC(=O)OCC(O)COP(=O)(O)OCC(O)COP(=O)(O)OCC(COC(=O)CCCCCCCC/C=C\C/C=C\C/C=C\CCCCC)OC(=O)CCCCCCCCCCCCCCCCC. The van der Waals surface area contributed by atoms with Crippen molar-refractivity contribution in [2.24, 2.45) is 0 Å². The van der Waals surface area contributed by atoms with Crippen LogP contribution in [0.3, 0.4) is 0 Å². The van der Waals surface area contributed by atoms with Gasteiger partial charge in [-0.15, -0.1) is 0 Å². The van der Waals surface area contributed by atoms with Crippen molar-refractivity contribution in [2.45, 2.75) is 309 Å². The van der Waals surface area contributed by atoms with Crippen LogP contribution in [-0.4, -0.2) is 95.9 Å². The molecule has 5 atom stereocenters. The summed E-state index contributed by atoms with van der Waals surface area (Å²) in [5.74, 6) is -1.59. The van der Waals surface area contributed by atoms with Gasteiger partial charge < -0.3 is 34.2 Å². The third kappa shape index (κ3) is 66.0. The van der Waals surface area contributed by atoms with Gasteiger partial charge >= 0.3 is 33.6 Å². The van der Waals surface area contributed by atoms with E-state index in [2.05, 4.69) is 106 Å². The molecule has 0 aromatic rings. The van der Waals surface area contributed by atoms with Crippen LogP contribution in [0.1, 0.15) is 290 Å². The molecule has 89 heavy (non-hydrogen) atoms. The van der Waals surface area contributed by atoms with Gasteiger partial charge in [0.2, 0.25) is 0 Å². The molecule has 0 aliphatic rings. The molecule has 0 heterocycles. The van der Waals surface area contributed by atoms with Crippen LogP contribution in [0.5, 0.6) is 0 Å². The van der Waals surface area contributed by atoms with Gasteiger partial charge in [0.1, 0.15) is 25.4 Å². The van der Waals surface area contributed by atoms with E-state index in [0.717, 1.165) is 148 Å². The van der Waals surface area contributed by atoms with Crippen LogP contribution >= 0.6 is 15.6 Å². The molecule has 5 unspecified atom stereocenters. The minimum absolute atomic E-state index is 0.105. The molecule has 16 nitrogen and oxygen atoms in total. The zero-order chi connectivity index (χ0) is 65.3. The summed E-state index contributed by atoms with van der Waals surface area (Å²) in [4.78, 5) is 58.4. The van der Waals surface area contributed by atoms with E-state index in [-0.39, 0.29) is 19.3 Å². The highest BCUT2D eigenvalue weighted by Crippen LogP contribution is 2.45. The molecule has 0 saturated heterocycles. The number of carbonyl (C=O) groups excluding carboxylic acids is 3. The number of aliphatic hydroxyl groups excluding tert-OH is 2. The molecule has 0 aliphatic carbocycles. The van der Waals surface area contributed by atoms with Gasteiger partial charge in [0, 0.05) is 19.3 Å². The van der Waals surface area contributed by atoms with E-state index in [0.29, 0.717) is 19.3 Å². The van der Waals surface area contributed by atoms with Gasteiger partial charge in [-0.25, -0.2) is 9.13 Å². The molecule has 0 amide bonds. The van der Waals surface area contributed by atoms with Gasteiger partial charge in [-0.1, -0.05) is 260 Å². The molecule has 0 spiro atoms. The molecule has 18 heteroatoms. The Morgan fingerprint density at radius 3 is 0.966 bits per heavy atom. The summed E-state index contributed by atoms with van der Waals surface area (Å²) in [7, 11) is -9.78. The third-order valence-corrected chi connectivity index (χ3v) is 16.5. The van der Waals surface area contributed by atoms with Crippen LogP contribution in [0.15, 0.2) is 85.1 Å². The topological polar surface area (TPSA) is 231 Å². The Kier molecular flexibility index (Phi) is 62.4. The summed E-state index contributed by atoms with van der Waals surface area (Å²) in [5.41, 5.74) is 0. The lowest BCUT2D eigenvalue weighted by Crippen LogP contribution is -2.30. The highest BCUT2D eigenvalue weighted by Gasteiger charge is 2.29. The predicted molar refractivity (Wildman–Crippen MR) is 362 cm³/mol. The van der Waals surface area contributed by atoms with E-state index in [1.165, 1.54) is 83.5 Å².